The van der Waals surface area contributed by atoms with Gasteiger partial charge in [-0.2, -0.15) is 0 Å². The van der Waals surface area contributed by atoms with E-state index in [1.54, 1.807) is 0 Å². The zero-order chi connectivity index (χ0) is 11.9. The summed E-state index contributed by atoms with van der Waals surface area (Å²) in [6.07, 6.45) is 7.07. The topological polar surface area (TPSA) is 29.3 Å². The summed E-state index contributed by atoms with van der Waals surface area (Å²) in [5.74, 6) is 0. The van der Waals surface area contributed by atoms with Crippen LogP contribution in [-0.2, 0) is 0 Å². The van der Waals surface area contributed by atoms with Crippen LogP contribution in [0.15, 0.2) is 18.2 Å². The van der Waals surface area contributed by atoms with Crippen molar-refractivity contribution in [1.82, 2.24) is 0 Å². The number of hydrogen-bond donors (Lipinski definition) is 1. The third kappa shape index (κ3) is 1.80. The van der Waals surface area contributed by atoms with Crippen LogP contribution < -0.4 is 10.6 Å². The maximum absolute atomic E-state index is 6.15. The Morgan fingerprint density at radius 3 is 2.65 bits per heavy atom. The molecule has 92 valence electrons. The molecule has 1 aliphatic heterocycles. The van der Waals surface area contributed by atoms with Gasteiger partial charge in [0.25, 0.3) is 0 Å². The zero-order valence-electron chi connectivity index (χ0n) is 10.7. The molecule has 2 aliphatic rings. The predicted molar refractivity (Wildman–Crippen MR) is 73.3 cm³/mol. The van der Waals surface area contributed by atoms with Crippen LogP contribution >= 0.6 is 0 Å². The quantitative estimate of drug-likeness (QED) is 0.750. The SMILES string of the molecule is Cc1cccc(N)c1N1CCC2(CCCC2)C1. The molecule has 17 heavy (non-hydrogen) atoms. The molecule has 0 amide bonds. The van der Waals surface area contributed by atoms with E-state index in [1.165, 1.54) is 56.4 Å². The molecule has 1 heterocycles. The van der Waals surface area contributed by atoms with Gasteiger partial charge in [-0.15, -0.1) is 0 Å². The van der Waals surface area contributed by atoms with E-state index in [0.29, 0.717) is 5.41 Å². The molecule has 0 radical (unpaired) electrons. The highest BCUT2D eigenvalue weighted by Crippen LogP contribution is 2.47. The Morgan fingerprint density at radius 1 is 1.18 bits per heavy atom. The summed E-state index contributed by atoms with van der Waals surface area (Å²) in [6, 6.07) is 6.25. The molecule has 2 fully saturated rings. The van der Waals surface area contributed by atoms with Crippen LogP contribution in [0.4, 0.5) is 11.4 Å². The Balaban J connectivity index is 1.87. The molecule has 1 aliphatic carbocycles. The Kier molecular flexibility index (Phi) is 2.53. The molecule has 1 spiro atoms. The number of aryl methyl sites for hydroxylation is 1. The van der Waals surface area contributed by atoms with Crippen molar-refractivity contribution in [3.8, 4) is 0 Å². The minimum Gasteiger partial charge on any atom is -0.397 e. The van der Waals surface area contributed by atoms with Gasteiger partial charge in [-0.1, -0.05) is 25.0 Å². The number of para-hydroxylation sites is 1. The van der Waals surface area contributed by atoms with Gasteiger partial charge in [-0.05, 0) is 43.2 Å². The van der Waals surface area contributed by atoms with Crippen LogP contribution in [-0.4, -0.2) is 13.1 Å². The molecule has 0 atom stereocenters. The van der Waals surface area contributed by atoms with Gasteiger partial charge in [-0.25, -0.2) is 0 Å². The van der Waals surface area contributed by atoms with E-state index < -0.39 is 0 Å². The second kappa shape index (κ2) is 3.94. The second-order valence-electron chi connectivity index (χ2n) is 5.89. The third-order valence-electron chi connectivity index (χ3n) is 4.69. The molecule has 1 saturated carbocycles. The van der Waals surface area contributed by atoms with E-state index in [1.807, 2.05) is 6.07 Å². The fourth-order valence-electron chi connectivity index (χ4n) is 3.77. The highest BCUT2D eigenvalue weighted by molar-refractivity contribution is 5.71. The molecule has 0 unspecified atom stereocenters. The van der Waals surface area contributed by atoms with E-state index in [4.69, 9.17) is 5.73 Å². The summed E-state index contributed by atoms with van der Waals surface area (Å²) >= 11 is 0. The fourth-order valence-corrected chi connectivity index (χ4v) is 3.77. The molecule has 1 aromatic rings. The number of benzene rings is 1. The first-order valence-electron chi connectivity index (χ1n) is 6.80. The highest BCUT2D eigenvalue weighted by Gasteiger charge is 2.40. The van der Waals surface area contributed by atoms with Crippen molar-refractivity contribution in [2.45, 2.75) is 39.0 Å². The molecular weight excluding hydrogens is 208 g/mol. The molecule has 2 heteroatoms. The van der Waals surface area contributed by atoms with Crippen molar-refractivity contribution < 1.29 is 0 Å². The Morgan fingerprint density at radius 2 is 1.94 bits per heavy atom. The van der Waals surface area contributed by atoms with Crippen LogP contribution in [0.1, 0.15) is 37.7 Å². The van der Waals surface area contributed by atoms with E-state index in [9.17, 15) is 0 Å². The summed E-state index contributed by atoms with van der Waals surface area (Å²) in [4.78, 5) is 2.52. The number of hydrogen-bond acceptors (Lipinski definition) is 2. The van der Waals surface area contributed by atoms with Crippen molar-refractivity contribution in [2.24, 2.45) is 5.41 Å². The van der Waals surface area contributed by atoms with Gasteiger partial charge in [0.15, 0.2) is 0 Å². The smallest absolute Gasteiger partial charge is 0.0629 e. The van der Waals surface area contributed by atoms with Crippen LogP contribution in [0.3, 0.4) is 0 Å². The molecule has 2 nitrogen and oxygen atoms in total. The number of anilines is 2. The number of nitrogen functional groups attached to an aromatic ring is 1. The lowest BCUT2D eigenvalue weighted by atomic mass is 9.86. The van der Waals surface area contributed by atoms with Gasteiger partial charge < -0.3 is 10.6 Å². The first-order chi connectivity index (χ1) is 8.20. The lowest BCUT2D eigenvalue weighted by Crippen LogP contribution is -2.26. The minimum atomic E-state index is 0.620. The Bertz CT molecular complexity index is 399. The molecule has 0 bridgehead atoms. The highest BCUT2D eigenvalue weighted by atomic mass is 15.2. The van der Waals surface area contributed by atoms with E-state index in [2.05, 4.69) is 24.0 Å². The van der Waals surface area contributed by atoms with Crippen LogP contribution in [0.5, 0.6) is 0 Å². The molecule has 3 rings (SSSR count). The van der Waals surface area contributed by atoms with Crippen LogP contribution in [0.2, 0.25) is 0 Å². The number of nitrogens with zero attached hydrogens (tertiary/aromatic N) is 1. The summed E-state index contributed by atoms with van der Waals surface area (Å²) in [5.41, 5.74) is 10.3. The van der Waals surface area contributed by atoms with Crippen molar-refractivity contribution in [3.05, 3.63) is 23.8 Å². The molecule has 2 N–H and O–H groups in total. The molecule has 1 aromatic carbocycles. The zero-order valence-corrected chi connectivity index (χ0v) is 10.7. The maximum Gasteiger partial charge on any atom is 0.0629 e. The maximum atomic E-state index is 6.15. The molecule has 1 saturated heterocycles. The summed E-state index contributed by atoms with van der Waals surface area (Å²) in [7, 11) is 0. The largest absolute Gasteiger partial charge is 0.397 e. The van der Waals surface area contributed by atoms with Gasteiger partial charge in [0.1, 0.15) is 0 Å². The van der Waals surface area contributed by atoms with E-state index in [-0.39, 0.29) is 0 Å². The Labute approximate surface area is 104 Å². The summed E-state index contributed by atoms with van der Waals surface area (Å²) in [6.45, 7) is 4.59. The van der Waals surface area contributed by atoms with Crippen LogP contribution in [0.25, 0.3) is 0 Å². The normalized spacial score (nSPS) is 22.5. The monoisotopic (exact) mass is 230 g/mol. The van der Waals surface area contributed by atoms with Crippen molar-refractivity contribution >= 4 is 11.4 Å². The van der Waals surface area contributed by atoms with Crippen molar-refractivity contribution in [1.29, 1.82) is 0 Å². The molecule has 0 aromatic heterocycles. The number of nitrogens with two attached hydrogens (primary N) is 1. The van der Waals surface area contributed by atoms with Gasteiger partial charge >= 0.3 is 0 Å². The van der Waals surface area contributed by atoms with Gasteiger partial charge in [0, 0.05) is 13.1 Å². The van der Waals surface area contributed by atoms with E-state index >= 15 is 0 Å². The predicted octanol–water partition coefficient (Wildman–Crippen LogP) is 3.35. The van der Waals surface area contributed by atoms with Crippen LogP contribution in [0, 0.1) is 12.3 Å². The van der Waals surface area contributed by atoms with E-state index in [0.717, 1.165) is 5.69 Å². The average Bonchev–Trinajstić information content (AvgIpc) is 2.90. The molecular formula is C15H22N2. The van der Waals surface area contributed by atoms with Gasteiger partial charge in [-0.3, -0.25) is 0 Å². The Hall–Kier alpha value is -1.18. The third-order valence-corrected chi connectivity index (χ3v) is 4.69. The summed E-state index contributed by atoms with van der Waals surface area (Å²) in [5, 5.41) is 0. The van der Waals surface area contributed by atoms with Crippen molar-refractivity contribution in [3.63, 3.8) is 0 Å². The number of rotatable bonds is 1. The lowest BCUT2D eigenvalue weighted by Gasteiger charge is -2.26. The first-order valence-corrected chi connectivity index (χ1v) is 6.80. The minimum absolute atomic E-state index is 0.620. The van der Waals surface area contributed by atoms with Crippen molar-refractivity contribution in [2.75, 3.05) is 23.7 Å². The lowest BCUT2D eigenvalue weighted by molar-refractivity contribution is 0.341. The average molecular weight is 230 g/mol. The second-order valence-corrected chi connectivity index (χ2v) is 5.89. The first kappa shape index (κ1) is 10.9. The van der Waals surface area contributed by atoms with Gasteiger partial charge in [0.05, 0.1) is 11.4 Å². The van der Waals surface area contributed by atoms with Gasteiger partial charge in [0.2, 0.25) is 0 Å². The summed E-state index contributed by atoms with van der Waals surface area (Å²) < 4.78 is 0. The standard InChI is InChI=1S/C15H22N2/c1-12-5-4-6-13(16)14(12)17-10-9-15(11-17)7-2-3-8-15/h4-6H,2-3,7-11,16H2,1H3. The fraction of sp³-hybridized carbons (Fsp3) is 0.600.